The minimum atomic E-state index is -1.26. The van der Waals surface area contributed by atoms with Gasteiger partial charge in [0, 0.05) is 12.1 Å². The van der Waals surface area contributed by atoms with Crippen LogP contribution in [-0.2, 0) is 16.1 Å². The first-order chi connectivity index (χ1) is 13.0. The summed E-state index contributed by atoms with van der Waals surface area (Å²) in [7, 11) is 0. The number of benzene rings is 1. The topological polar surface area (TPSA) is 38.3 Å². The molecule has 0 saturated heterocycles. The van der Waals surface area contributed by atoms with Crippen molar-refractivity contribution in [2.45, 2.75) is 47.1 Å². The lowest BCUT2D eigenvalue weighted by molar-refractivity contribution is -0.147. The lowest BCUT2D eigenvalue weighted by atomic mass is 10.1. The van der Waals surface area contributed by atoms with Crippen LogP contribution in [0.15, 0.2) is 9.47 Å². The van der Waals surface area contributed by atoms with Crippen LogP contribution >= 0.6 is 31.9 Å². The maximum Gasteiger partial charge on any atom is 0.310 e. The van der Waals surface area contributed by atoms with Crippen LogP contribution in [0.5, 0.6) is 0 Å². The number of rotatable bonds is 8. The van der Waals surface area contributed by atoms with Gasteiger partial charge in [-0.05, 0) is 56.5 Å². The van der Waals surface area contributed by atoms with E-state index in [1.165, 1.54) is 6.92 Å². The minimum absolute atomic E-state index is 0.0489. The number of halogens is 5. The van der Waals surface area contributed by atoms with Gasteiger partial charge in [0.05, 0.1) is 20.6 Å². The molecule has 0 radical (unpaired) electrons. The lowest BCUT2D eigenvalue weighted by Crippen LogP contribution is -2.16. The zero-order valence-corrected chi connectivity index (χ0v) is 19.4. The molecule has 156 valence electrons. The van der Waals surface area contributed by atoms with E-state index in [9.17, 15) is 18.0 Å². The molecule has 0 heterocycles. The summed E-state index contributed by atoms with van der Waals surface area (Å²) in [6, 6.07) is 0. The minimum Gasteiger partial charge on any atom is -0.460 e. The fourth-order valence-electron chi connectivity index (χ4n) is 3.34. The number of unbranched alkanes of at least 4 members (excludes halogenated alkanes) is 1. The van der Waals surface area contributed by atoms with Crippen molar-refractivity contribution < 1.29 is 22.7 Å². The second kappa shape index (κ2) is 9.20. The van der Waals surface area contributed by atoms with E-state index in [4.69, 9.17) is 4.74 Å². The summed E-state index contributed by atoms with van der Waals surface area (Å²) in [5, 5.41) is 2.82. The highest BCUT2D eigenvalue weighted by Crippen LogP contribution is 2.60. The van der Waals surface area contributed by atoms with Gasteiger partial charge in [0.25, 0.3) is 0 Å². The van der Waals surface area contributed by atoms with Crippen molar-refractivity contribution in [2.24, 2.45) is 17.3 Å². The van der Waals surface area contributed by atoms with Crippen LogP contribution in [0.4, 0.5) is 18.9 Å². The summed E-state index contributed by atoms with van der Waals surface area (Å²) in [6.45, 7) is 6.85. The van der Waals surface area contributed by atoms with Gasteiger partial charge < -0.3 is 10.1 Å². The maximum absolute atomic E-state index is 14.5. The Morgan fingerprint density at radius 1 is 1.21 bits per heavy atom. The van der Waals surface area contributed by atoms with Gasteiger partial charge >= 0.3 is 5.97 Å². The van der Waals surface area contributed by atoms with Crippen LogP contribution in [0.1, 0.15) is 44.7 Å². The molecule has 1 aliphatic rings. The molecular weight excluding hydrogens is 503 g/mol. The smallest absolute Gasteiger partial charge is 0.310 e. The van der Waals surface area contributed by atoms with Crippen molar-refractivity contribution in [1.82, 2.24) is 0 Å². The zero-order chi connectivity index (χ0) is 21.2. The Morgan fingerprint density at radius 3 is 2.43 bits per heavy atom. The number of anilines is 1. The third-order valence-corrected chi connectivity index (χ3v) is 5.83. The molecule has 1 aromatic carbocycles. The standard InChI is InChI=1S/C20H24Br2F3NO2/c1-5-6-7-26-18-11(17(25)15(23)10(2)16(18)24)9-28-19(27)14-12(8-13(21)22)20(14,3)4/h8,12,14,26H,5-7,9H2,1-4H3/t12-,14-/m0/s1. The molecule has 0 aliphatic heterocycles. The summed E-state index contributed by atoms with van der Waals surface area (Å²) in [5.41, 5.74) is -1.17. The van der Waals surface area contributed by atoms with Gasteiger partial charge in [-0.15, -0.1) is 0 Å². The van der Waals surface area contributed by atoms with E-state index in [1.807, 2.05) is 26.8 Å². The Balaban J connectivity index is 2.21. The van der Waals surface area contributed by atoms with Crippen LogP contribution in [0.3, 0.4) is 0 Å². The van der Waals surface area contributed by atoms with Crippen molar-refractivity contribution in [3.63, 3.8) is 0 Å². The number of carbonyl (C=O) groups excluding carboxylic acids is 1. The van der Waals surface area contributed by atoms with Crippen LogP contribution in [0, 0.1) is 41.6 Å². The summed E-state index contributed by atoms with van der Waals surface area (Å²) in [4.78, 5) is 12.5. The second-order valence-electron chi connectivity index (χ2n) is 7.59. The van der Waals surface area contributed by atoms with Gasteiger partial charge in [-0.25, -0.2) is 13.2 Å². The number of nitrogens with one attached hydrogen (secondary N) is 1. The molecule has 2 atom stereocenters. The molecule has 1 aromatic rings. The van der Waals surface area contributed by atoms with Gasteiger partial charge in [-0.3, -0.25) is 4.79 Å². The SMILES string of the molecule is CCCCNc1c(F)c(C)c(F)c(F)c1COC(=O)[C@@H]1[C@H](C=C(Br)Br)C1(C)C. The van der Waals surface area contributed by atoms with Crippen molar-refractivity contribution in [1.29, 1.82) is 0 Å². The van der Waals surface area contributed by atoms with Gasteiger partial charge in [0.15, 0.2) is 17.5 Å². The van der Waals surface area contributed by atoms with Gasteiger partial charge in [0.2, 0.25) is 0 Å². The Morgan fingerprint density at radius 2 is 1.86 bits per heavy atom. The molecule has 1 N–H and O–H groups in total. The third kappa shape index (κ3) is 4.75. The number of ether oxygens (including phenoxy) is 1. The number of hydrogen-bond donors (Lipinski definition) is 1. The average Bonchev–Trinajstić information content (AvgIpc) is 3.16. The van der Waals surface area contributed by atoms with Crippen molar-refractivity contribution in [3.8, 4) is 0 Å². The second-order valence-corrected chi connectivity index (χ2v) is 10.4. The number of allylic oxidation sites excluding steroid dienone is 1. The van der Waals surface area contributed by atoms with Crippen LogP contribution in [0.25, 0.3) is 0 Å². The normalized spacial score (nSPS) is 19.9. The van der Waals surface area contributed by atoms with Crippen LogP contribution < -0.4 is 5.32 Å². The first-order valence-corrected chi connectivity index (χ1v) is 10.7. The molecule has 0 bridgehead atoms. The monoisotopic (exact) mass is 525 g/mol. The number of carbonyl (C=O) groups is 1. The van der Waals surface area contributed by atoms with Gasteiger partial charge in [-0.2, -0.15) is 0 Å². The van der Waals surface area contributed by atoms with Crippen molar-refractivity contribution in [2.75, 3.05) is 11.9 Å². The van der Waals surface area contributed by atoms with E-state index in [0.29, 0.717) is 6.54 Å². The molecule has 1 fully saturated rings. The quantitative estimate of drug-likeness (QED) is 0.236. The summed E-state index contributed by atoms with van der Waals surface area (Å²) >= 11 is 6.55. The molecule has 1 aliphatic carbocycles. The van der Waals surface area contributed by atoms with E-state index >= 15 is 0 Å². The Kier molecular flexibility index (Phi) is 7.64. The lowest BCUT2D eigenvalue weighted by Gasteiger charge is -2.17. The molecule has 28 heavy (non-hydrogen) atoms. The van der Waals surface area contributed by atoms with E-state index in [-0.39, 0.29) is 22.6 Å². The molecule has 0 spiro atoms. The Bertz CT molecular complexity index is 792. The van der Waals surface area contributed by atoms with E-state index < -0.39 is 41.5 Å². The fourth-order valence-corrected chi connectivity index (χ4v) is 3.91. The predicted molar refractivity (Wildman–Crippen MR) is 111 cm³/mol. The fraction of sp³-hybridized carbons (Fsp3) is 0.550. The van der Waals surface area contributed by atoms with Gasteiger partial charge in [0.1, 0.15) is 6.61 Å². The number of hydrogen-bond acceptors (Lipinski definition) is 3. The highest BCUT2D eigenvalue weighted by molar-refractivity contribution is 9.28. The molecule has 8 heteroatoms. The van der Waals surface area contributed by atoms with E-state index in [2.05, 4.69) is 37.2 Å². The van der Waals surface area contributed by atoms with Crippen LogP contribution in [0.2, 0.25) is 0 Å². The first-order valence-electron chi connectivity index (χ1n) is 9.13. The predicted octanol–water partition coefficient (Wildman–Crippen LogP) is 6.57. The van der Waals surface area contributed by atoms with E-state index in [0.717, 1.165) is 16.2 Å². The molecule has 1 saturated carbocycles. The van der Waals surface area contributed by atoms with Crippen LogP contribution in [-0.4, -0.2) is 12.5 Å². The zero-order valence-electron chi connectivity index (χ0n) is 16.3. The highest BCUT2D eigenvalue weighted by Gasteiger charge is 2.61. The average molecular weight is 527 g/mol. The Hall–Kier alpha value is -1.02. The third-order valence-electron chi connectivity index (χ3n) is 5.30. The molecule has 0 unspecified atom stereocenters. The molecular formula is C20H24Br2F3NO2. The molecule has 2 rings (SSSR count). The molecule has 0 amide bonds. The largest absolute Gasteiger partial charge is 0.460 e. The summed E-state index contributed by atoms with van der Waals surface area (Å²) < 4.78 is 49.0. The molecule has 3 nitrogen and oxygen atoms in total. The van der Waals surface area contributed by atoms with Crippen molar-refractivity contribution in [3.05, 3.63) is 38.0 Å². The number of esters is 1. The molecule has 0 aromatic heterocycles. The maximum atomic E-state index is 14.5. The van der Waals surface area contributed by atoms with Crippen molar-refractivity contribution >= 4 is 43.5 Å². The summed E-state index contributed by atoms with van der Waals surface area (Å²) in [5.74, 6) is -4.30. The summed E-state index contributed by atoms with van der Waals surface area (Å²) in [6.07, 6.45) is 3.45. The van der Waals surface area contributed by atoms with Gasteiger partial charge in [-0.1, -0.05) is 33.3 Å². The Labute approximate surface area is 180 Å². The highest BCUT2D eigenvalue weighted by atomic mass is 79.9. The first kappa shape index (κ1) is 23.3. The van der Waals surface area contributed by atoms with E-state index in [1.54, 1.807) is 0 Å².